The van der Waals surface area contributed by atoms with E-state index in [-0.39, 0.29) is 5.84 Å². The molecule has 1 aromatic carbocycles. The van der Waals surface area contributed by atoms with E-state index in [1.54, 1.807) is 30.5 Å². The molecule has 1 aromatic heterocycles. The first kappa shape index (κ1) is 12.4. The number of benzene rings is 1. The smallest absolute Gasteiger partial charge is 0.141 e. The van der Waals surface area contributed by atoms with Crippen molar-refractivity contribution in [2.45, 2.75) is 6.92 Å². The summed E-state index contributed by atoms with van der Waals surface area (Å²) in [6.45, 7) is 1.93. The van der Waals surface area contributed by atoms with Gasteiger partial charge < -0.3 is 10.5 Å². The lowest BCUT2D eigenvalue weighted by molar-refractivity contribution is 0.478. The fraction of sp³-hybridized carbons (Fsp3) is 0.0769. The number of hydrogen-bond donors (Lipinski definition) is 2. The lowest BCUT2D eigenvalue weighted by Gasteiger charge is -2.09. The summed E-state index contributed by atoms with van der Waals surface area (Å²) in [7, 11) is 0. The number of halogens is 1. The van der Waals surface area contributed by atoms with Gasteiger partial charge in [-0.2, -0.15) is 0 Å². The first-order valence-corrected chi connectivity index (χ1v) is 5.68. The van der Waals surface area contributed by atoms with Gasteiger partial charge in [0.2, 0.25) is 0 Å². The Hall–Kier alpha value is -2.07. The summed E-state index contributed by atoms with van der Waals surface area (Å²) in [5.74, 6) is 1.15. The number of nitrogens with zero attached hydrogens (tertiary/aromatic N) is 1. The predicted molar refractivity (Wildman–Crippen MR) is 71.5 cm³/mol. The van der Waals surface area contributed by atoms with E-state index in [9.17, 15) is 0 Å². The Labute approximate surface area is 110 Å². The van der Waals surface area contributed by atoms with E-state index in [2.05, 4.69) is 4.98 Å². The van der Waals surface area contributed by atoms with Gasteiger partial charge in [-0.1, -0.05) is 17.7 Å². The number of aryl methyl sites for hydroxylation is 1. The molecule has 0 atom stereocenters. The Balaban J connectivity index is 2.31. The van der Waals surface area contributed by atoms with Crippen LogP contribution in [0.25, 0.3) is 0 Å². The highest BCUT2D eigenvalue weighted by atomic mass is 35.5. The first-order chi connectivity index (χ1) is 8.56. The van der Waals surface area contributed by atoms with Gasteiger partial charge in [0.1, 0.15) is 23.0 Å². The molecule has 0 saturated carbocycles. The van der Waals surface area contributed by atoms with Crippen LogP contribution in [0.1, 0.15) is 11.3 Å². The van der Waals surface area contributed by atoms with Crippen molar-refractivity contribution in [1.29, 1.82) is 5.41 Å². The highest BCUT2D eigenvalue weighted by Gasteiger charge is 2.05. The molecule has 3 N–H and O–H groups in total. The van der Waals surface area contributed by atoms with Crippen molar-refractivity contribution in [3.05, 3.63) is 52.8 Å². The van der Waals surface area contributed by atoms with E-state index >= 15 is 0 Å². The number of nitrogens with one attached hydrogen (secondary N) is 1. The summed E-state index contributed by atoms with van der Waals surface area (Å²) >= 11 is 5.92. The third-order valence-electron chi connectivity index (χ3n) is 2.39. The van der Waals surface area contributed by atoms with Crippen LogP contribution in [0, 0.1) is 12.3 Å². The van der Waals surface area contributed by atoms with Crippen molar-refractivity contribution in [3.8, 4) is 11.5 Å². The van der Waals surface area contributed by atoms with Crippen molar-refractivity contribution >= 4 is 17.4 Å². The zero-order chi connectivity index (χ0) is 13.1. The number of ether oxygens (including phenoxy) is 1. The van der Waals surface area contributed by atoms with E-state index in [4.69, 9.17) is 27.5 Å². The number of pyridine rings is 1. The highest BCUT2D eigenvalue weighted by Crippen LogP contribution is 2.27. The molecule has 0 fully saturated rings. The van der Waals surface area contributed by atoms with E-state index in [1.807, 2.05) is 13.0 Å². The number of hydrogen-bond acceptors (Lipinski definition) is 3. The average Bonchev–Trinajstić information content (AvgIpc) is 2.34. The number of amidine groups is 1. The topological polar surface area (TPSA) is 72.0 Å². The van der Waals surface area contributed by atoms with Gasteiger partial charge in [0.05, 0.1) is 0 Å². The second kappa shape index (κ2) is 5.06. The second-order valence-corrected chi connectivity index (χ2v) is 4.24. The molecule has 2 rings (SSSR count). The third-order valence-corrected chi connectivity index (χ3v) is 2.62. The van der Waals surface area contributed by atoms with Gasteiger partial charge in [0, 0.05) is 17.3 Å². The molecule has 2 aromatic rings. The predicted octanol–water partition coefficient (Wildman–Crippen LogP) is 3.12. The van der Waals surface area contributed by atoms with Crippen molar-refractivity contribution in [2.75, 3.05) is 0 Å². The second-order valence-electron chi connectivity index (χ2n) is 3.80. The molecule has 5 heteroatoms. The molecule has 0 aliphatic carbocycles. The summed E-state index contributed by atoms with van der Waals surface area (Å²) in [5, 5.41) is 7.93. The minimum Gasteiger partial charge on any atom is -0.457 e. The van der Waals surface area contributed by atoms with Gasteiger partial charge in [-0.25, -0.2) is 0 Å². The fourth-order valence-corrected chi connectivity index (χ4v) is 1.59. The van der Waals surface area contributed by atoms with Crippen molar-refractivity contribution < 1.29 is 4.74 Å². The lowest BCUT2D eigenvalue weighted by Crippen LogP contribution is -2.12. The van der Waals surface area contributed by atoms with Crippen LogP contribution in [-0.4, -0.2) is 10.8 Å². The molecule has 4 nitrogen and oxygen atoms in total. The number of aromatic nitrogens is 1. The first-order valence-electron chi connectivity index (χ1n) is 5.31. The lowest BCUT2D eigenvalue weighted by atomic mass is 10.2. The van der Waals surface area contributed by atoms with Gasteiger partial charge in [-0.15, -0.1) is 0 Å². The molecule has 0 radical (unpaired) electrons. The molecule has 0 aliphatic rings. The highest BCUT2D eigenvalue weighted by molar-refractivity contribution is 6.30. The number of nitrogens with two attached hydrogens (primary N) is 1. The standard InChI is InChI=1S/C13H12ClN3O/c1-8-2-3-9(14)6-12(8)18-10-4-5-17-11(7-10)13(15)16/h2-7H,1H3,(H3,15,16). The van der Waals surface area contributed by atoms with Gasteiger partial charge in [0.15, 0.2) is 0 Å². The molecule has 0 spiro atoms. The monoisotopic (exact) mass is 261 g/mol. The molecule has 0 unspecified atom stereocenters. The molecule has 92 valence electrons. The summed E-state index contributed by atoms with van der Waals surface area (Å²) in [6, 6.07) is 8.74. The molecular weight excluding hydrogens is 250 g/mol. The van der Waals surface area contributed by atoms with Gasteiger partial charge in [-0.3, -0.25) is 10.4 Å². The Kier molecular flexibility index (Phi) is 3.48. The molecular formula is C13H12ClN3O. The summed E-state index contributed by atoms with van der Waals surface area (Å²) < 4.78 is 5.70. The van der Waals surface area contributed by atoms with Crippen LogP contribution in [0.15, 0.2) is 36.5 Å². The van der Waals surface area contributed by atoms with Crippen LogP contribution in [0.3, 0.4) is 0 Å². The van der Waals surface area contributed by atoms with Crippen molar-refractivity contribution in [1.82, 2.24) is 4.98 Å². The molecule has 18 heavy (non-hydrogen) atoms. The maximum atomic E-state index is 7.33. The maximum absolute atomic E-state index is 7.33. The minimum atomic E-state index is -0.0942. The Bertz CT molecular complexity index is 599. The van der Waals surface area contributed by atoms with Crippen LogP contribution >= 0.6 is 11.6 Å². The summed E-state index contributed by atoms with van der Waals surface area (Å²) in [5.41, 5.74) is 6.73. The molecule has 0 saturated heterocycles. The molecule has 0 bridgehead atoms. The van der Waals surface area contributed by atoms with Crippen molar-refractivity contribution in [3.63, 3.8) is 0 Å². The van der Waals surface area contributed by atoms with Crippen LogP contribution in [-0.2, 0) is 0 Å². The average molecular weight is 262 g/mol. The zero-order valence-electron chi connectivity index (χ0n) is 9.77. The fourth-order valence-electron chi connectivity index (χ4n) is 1.43. The van der Waals surface area contributed by atoms with E-state index in [0.717, 1.165) is 5.56 Å². The van der Waals surface area contributed by atoms with E-state index in [1.165, 1.54) is 0 Å². The van der Waals surface area contributed by atoms with E-state index < -0.39 is 0 Å². The summed E-state index contributed by atoms with van der Waals surface area (Å²) in [6.07, 6.45) is 1.55. The van der Waals surface area contributed by atoms with Crippen molar-refractivity contribution in [2.24, 2.45) is 5.73 Å². The third kappa shape index (κ3) is 2.78. The SMILES string of the molecule is Cc1ccc(Cl)cc1Oc1ccnc(C(=N)N)c1. The maximum Gasteiger partial charge on any atom is 0.141 e. The molecule has 0 amide bonds. The molecule has 0 aliphatic heterocycles. The Morgan fingerprint density at radius 3 is 2.83 bits per heavy atom. The normalized spacial score (nSPS) is 10.1. The van der Waals surface area contributed by atoms with Gasteiger partial charge in [0.25, 0.3) is 0 Å². The van der Waals surface area contributed by atoms with E-state index in [0.29, 0.717) is 22.2 Å². The van der Waals surface area contributed by atoms with Gasteiger partial charge >= 0.3 is 0 Å². The van der Waals surface area contributed by atoms with Crippen LogP contribution < -0.4 is 10.5 Å². The Morgan fingerprint density at radius 2 is 2.11 bits per heavy atom. The van der Waals surface area contributed by atoms with Crippen LogP contribution in [0.2, 0.25) is 5.02 Å². The minimum absolute atomic E-state index is 0.0942. The van der Waals surface area contributed by atoms with Crippen LogP contribution in [0.4, 0.5) is 0 Å². The summed E-state index contributed by atoms with van der Waals surface area (Å²) in [4.78, 5) is 3.96. The zero-order valence-corrected chi connectivity index (χ0v) is 10.5. The molecule has 1 heterocycles. The van der Waals surface area contributed by atoms with Crippen LogP contribution in [0.5, 0.6) is 11.5 Å². The largest absolute Gasteiger partial charge is 0.457 e. The Morgan fingerprint density at radius 1 is 1.33 bits per heavy atom. The van der Waals surface area contributed by atoms with Gasteiger partial charge in [-0.05, 0) is 30.7 Å². The number of nitrogen functional groups attached to an aromatic ring is 1. The quantitative estimate of drug-likeness (QED) is 0.659. The number of rotatable bonds is 3.